The summed E-state index contributed by atoms with van der Waals surface area (Å²) in [5.74, 6) is -2.83. The minimum absolute atomic E-state index is 0.110. The molecule has 0 bridgehead atoms. The van der Waals surface area contributed by atoms with Crippen LogP contribution in [0.1, 0.15) is 45.0 Å². The maximum atomic E-state index is 11.9. The molecule has 1 aliphatic heterocycles. The molecule has 1 fully saturated rings. The molecule has 2 rings (SSSR count). The average Bonchev–Trinajstić information content (AvgIpc) is 2.75. The van der Waals surface area contributed by atoms with Crippen molar-refractivity contribution in [2.45, 2.75) is 65.3 Å². The summed E-state index contributed by atoms with van der Waals surface area (Å²) in [5, 5.41) is 0. The Bertz CT molecular complexity index is 971. The minimum atomic E-state index is -1.42. The fourth-order valence-corrected chi connectivity index (χ4v) is 3.39. The Hall–Kier alpha value is -3.67. The van der Waals surface area contributed by atoms with Gasteiger partial charge in [0.05, 0.1) is 7.11 Å². The van der Waals surface area contributed by atoms with Gasteiger partial charge in [0, 0.05) is 33.3 Å². The van der Waals surface area contributed by atoms with Gasteiger partial charge in [0.2, 0.25) is 12.4 Å². The number of carbonyl (C=O) groups is 5. The summed E-state index contributed by atoms with van der Waals surface area (Å²) in [6, 6.07) is 4.39. The molecule has 0 aromatic heterocycles. The SMILES string of the molecule is COc1cc(C(C)=O)ccc1O[C@@H]1O[C@@H](COC(C)=O)[C@H](OC(C)=O)[C@@H](OC(C)=O)[C@@H]1OC(C)=O. The molecule has 0 saturated carbocycles. The van der Waals surface area contributed by atoms with Crippen molar-refractivity contribution >= 4 is 29.7 Å². The molecule has 0 N–H and O–H groups in total. The summed E-state index contributed by atoms with van der Waals surface area (Å²) >= 11 is 0. The van der Waals surface area contributed by atoms with E-state index in [0.29, 0.717) is 5.56 Å². The second-order valence-corrected chi connectivity index (χ2v) is 7.61. The monoisotopic (exact) mass is 496 g/mol. The van der Waals surface area contributed by atoms with E-state index in [1.54, 1.807) is 0 Å². The number of hydrogen-bond donors (Lipinski definition) is 0. The Balaban J connectivity index is 2.52. The van der Waals surface area contributed by atoms with Crippen molar-refractivity contribution in [1.29, 1.82) is 0 Å². The average molecular weight is 496 g/mol. The molecular formula is C23H28O12. The molecule has 12 heteroatoms. The first-order valence-corrected chi connectivity index (χ1v) is 10.6. The Morgan fingerprint density at radius 3 is 1.86 bits per heavy atom. The second-order valence-electron chi connectivity index (χ2n) is 7.61. The predicted molar refractivity (Wildman–Crippen MR) is 116 cm³/mol. The van der Waals surface area contributed by atoms with E-state index in [9.17, 15) is 24.0 Å². The van der Waals surface area contributed by atoms with Gasteiger partial charge >= 0.3 is 23.9 Å². The quantitative estimate of drug-likeness (QED) is 0.276. The van der Waals surface area contributed by atoms with E-state index in [4.69, 9.17) is 33.2 Å². The number of rotatable bonds is 9. The molecule has 192 valence electrons. The van der Waals surface area contributed by atoms with E-state index in [0.717, 1.165) is 20.8 Å². The zero-order chi connectivity index (χ0) is 26.3. The van der Waals surface area contributed by atoms with Crippen molar-refractivity contribution in [3.05, 3.63) is 23.8 Å². The van der Waals surface area contributed by atoms with Crippen molar-refractivity contribution < 1.29 is 57.1 Å². The second kappa shape index (κ2) is 12.2. The fourth-order valence-electron chi connectivity index (χ4n) is 3.39. The molecule has 0 radical (unpaired) electrons. The molecule has 12 nitrogen and oxygen atoms in total. The molecule has 0 aliphatic carbocycles. The zero-order valence-corrected chi connectivity index (χ0v) is 20.2. The lowest BCUT2D eigenvalue weighted by atomic mass is 9.98. The largest absolute Gasteiger partial charge is 0.493 e. The number of benzene rings is 1. The third-order valence-corrected chi connectivity index (χ3v) is 4.76. The van der Waals surface area contributed by atoms with Crippen molar-refractivity contribution in [2.75, 3.05) is 13.7 Å². The number of ketones is 1. The molecule has 1 aromatic carbocycles. The Kier molecular flexibility index (Phi) is 9.58. The minimum Gasteiger partial charge on any atom is -0.493 e. The van der Waals surface area contributed by atoms with E-state index in [-0.39, 0.29) is 17.3 Å². The van der Waals surface area contributed by atoms with Gasteiger partial charge in [0.1, 0.15) is 12.7 Å². The Morgan fingerprint density at radius 1 is 0.771 bits per heavy atom. The van der Waals surface area contributed by atoms with Crippen LogP contribution in [0.4, 0.5) is 0 Å². The van der Waals surface area contributed by atoms with Crippen LogP contribution in [0.2, 0.25) is 0 Å². The molecule has 1 heterocycles. The van der Waals surface area contributed by atoms with Crippen molar-refractivity contribution in [3.63, 3.8) is 0 Å². The number of carbonyl (C=O) groups excluding carboxylic acids is 5. The van der Waals surface area contributed by atoms with Gasteiger partial charge in [-0.3, -0.25) is 24.0 Å². The van der Waals surface area contributed by atoms with Crippen molar-refractivity contribution in [1.82, 2.24) is 0 Å². The maximum absolute atomic E-state index is 11.9. The maximum Gasteiger partial charge on any atom is 0.303 e. The highest BCUT2D eigenvalue weighted by molar-refractivity contribution is 5.94. The Morgan fingerprint density at radius 2 is 1.34 bits per heavy atom. The number of methoxy groups -OCH3 is 1. The van der Waals surface area contributed by atoms with Gasteiger partial charge in [0.25, 0.3) is 0 Å². The standard InChI is InChI=1S/C23H28O12/c1-11(24)16-7-8-17(18(9-16)29-6)34-23-22(33-15(5)28)21(32-14(4)27)20(31-13(3)26)19(35-23)10-30-12(2)25/h7-9,19-23H,10H2,1-6H3/t19-,20-,21+,22-,23+/m0/s1. The van der Waals surface area contributed by atoms with Crippen LogP contribution in [-0.2, 0) is 42.9 Å². The van der Waals surface area contributed by atoms with E-state index in [1.165, 1.54) is 39.2 Å². The van der Waals surface area contributed by atoms with Gasteiger partial charge < -0.3 is 33.2 Å². The summed E-state index contributed by atoms with van der Waals surface area (Å²) in [6.07, 6.45) is -6.66. The summed E-state index contributed by atoms with van der Waals surface area (Å²) in [5.41, 5.74) is 0.357. The summed E-state index contributed by atoms with van der Waals surface area (Å²) < 4.78 is 38.2. The summed E-state index contributed by atoms with van der Waals surface area (Å²) in [6.45, 7) is 5.53. The van der Waals surface area contributed by atoms with E-state index >= 15 is 0 Å². The number of esters is 4. The number of ether oxygens (including phenoxy) is 7. The molecule has 1 saturated heterocycles. The van der Waals surface area contributed by atoms with Crippen LogP contribution in [0.25, 0.3) is 0 Å². The topological polar surface area (TPSA) is 150 Å². The van der Waals surface area contributed by atoms with Crippen LogP contribution in [0.15, 0.2) is 18.2 Å². The van der Waals surface area contributed by atoms with Gasteiger partial charge in [-0.1, -0.05) is 0 Å². The number of hydrogen-bond acceptors (Lipinski definition) is 12. The molecule has 5 atom stereocenters. The van der Waals surface area contributed by atoms with Crippen molar-refractivity contribution in [2.24, 2.45) is 0 Å². The molecule has 0 amide bonds. The lowest BCUT2D eigenvalue weighted by molar-refractivity contribution is -0.288. The molecule has 0 unspecified atom stereocenters. The van der Waals surface area contributed by atoms with Crippen LogP contribution >= 0.6 is 0 Å². The molecular weight excluding hydrogens is 468 g/mol. The fraction of sp³-hybridized carbons (Fsp3) is 0.522. The van der Waals surface area contributed by atoms with Crippen LogP contribution < -0.4 is 9.47 Å². The van der Waals surface area contributed by atoms with E-state index in [1.807, 2.05) is 0 Å². The normalized spacial score (nSPS) is 23.4. The van der Waals surface area contributed by atoms with Crippen molar-refractivity contribution in [3.8, 4) is 11.5 Å². The van der Waals surface area contributed by atoms with Crippen LogP contribution in [-0.4, -0.2) is 74.1 Å². The van der Waals surface area contributed by atoms with Gasteiger partial charge in [-0.05, 0) is 25.1 Å². The summed E-state index contributed by atoms with van der Waals surface area (Å²) in [4.78, 5) is 58.7. The van der Waals surface area contributed by atoms with E-state index < -0.39 is 61.2 Å². The third kappa shape index (κ3) is 7.67. The first-order chi connectivity index (χ1) is 16.4. The molecule has 35 heavy (non-hydrogen) atoms. The van der Waals surface area contributed by atoms with Crippen LogP contribution in [0.5, 0.6) is 11.5 Å². The van der Waals surface area contributed by atoms with Gasteiger partial charge in [-0.2, -0.15) is 0 Å². The highest BCUT2D eigenvalue weighted by atomic mass is 16.7. The molecule has 1 aromatic rings. The molecule has 0 spiro atoms. The molecule has 1 aliphatic rings. The first-order valence-electron chi connectivity index (χ1n) is 10.6. The summed E-state index contributed by atoms with van der Waals surface area (Å²) in [7, 11) is 1.36. The Labute approximate surface area is 201 Å². The highest BCUT2D eigenvalue weighted by Gasteiger charge is 2.53. The third-order valence-electron chi connectivity index (χ3n) is 4.76. The smallest absolute Gasteiger partial charge is 0.303 e. The van der Waals surface area contributed by atoms with E-state index in [2.05, 4.69) is 0 Å². The first kappa shape index (κ1) is 27.6. The van der Waals surface area contributed by atoms with Crippen LogP contribution in [0, 0.1) is 0 Å². The van der Waals surface area contributed by atoms with Gasteiger partial charge in [0.15, 0.2) is 29.5 Å². The predicted octanol–water partition coefficient (Wildman–Crippen LogP) is 1.36. The van der Waals surface area contributed by atoms with Crippen LogP contribution in [0.3, 0.4) is 0 Å². The lowest BCUT2D eigenvalue weighted by Gasteiger charge is -2.44. The highest BCUT2D eigenvalue weighted by Crippen LogP contribution is 2.35. The lowest BCUT2D eigenvalue weighted by Crippen LogP contribution is -2.63. The number of Topliss-reactive ketones (excluding diaryl/α,β-unsaturated/α-hetero) is 1. The zero-order valence-electron chi connectivity index (χ0n) is 20.2. The van der Waals surface area contributed by atoms with Gasteiger partial charge in [-0.15, -0.1) is 0 Å². The van der Waals surface area contributed by atoms with Gasteiger partial charge in [-0.25, -0.2) is 0 Å².